The summed E-state index contributed by atoms with van der Waals surface area (Å²) in [5, 5.41) is 2.52. The molecule has 0 aliphatic carbocycles. The van der Waals surface area contributed by atoms with Crippen molar-refractivity contribution in [2.75, 3.05) is 20.3 Å². The van der Waals surface area contributed by atoms with Gasteiger partial charge in [0, 0.05) is 18.2 Å². The number of carbonyl (C=O) groups excluding carboxylic acids is 3. The lowest BCUT2D eigenvalue weighted by Crippen LogP contribution is -2.29. The van der Waals surface area contributed by atoms with E-state index < -0.39 is 11.9 Å². The van der Waals surface area contributed by atoms with Gasteiger partial charge < -0.3 is 20.5 Å². The molecule has 0 saturated heterocycles. The molecule has 0 aliphatic heterocycles. The van der Waals surface area contributed by atoms with Crippen molar-refractivity contribution in [1.82, 2.24) is 5.32 Å². The molecular formula is C14H16N2O5. The number of nitrogens with one attached hydrogen (secondary N) is 1. The number of hydrogen-bond acceptors (Lipinski definition) is 5. The molecule has 1 aromatic carbocycles. The lowest BCUT2D eigenvalue weighted by molar-refractivity contribution is -0.134. The SMILES string of the molecule is COC(=O)/C=C/CNC(=O)COc1cccc(C(N)=O)c1. The molecule has 0 heterocycles. The van der Waals surface area contributed by atoms with Gasteiger partial charge in [0.15, 0.2) is 6.61 Å². The van der Waals surface area contributed by atoms with E-state index in [0.717, 1.165) is 0 Å². The molecule has 0 unspecified atom stereocenters. The molecule has 2 amide bonds. The van der Waals surface area contributed by atoms with E-state index in [0.29, 0.717) is 11.3 Å². The van der Waals surface area contributed by atoms with Crippen molar-refractivity contribution in [3.8, 4) is 5.75 Å². The Balaban J connectivity index is 2.36. The van der Waals surface area contributed by atoms with E-state index >= 15 is 0 Å². The van der Waals surface area contributed by atoms with E-state index in [1.165, 1.54) is 25.3 Å². The Morgan fingerprint density at radius 2 is 2.10 bits per heavy atom. The van der Waals surface area contributed by atoms with E-state index in [1.807, 2.05) is 0 Å². The fourth-order valence-corrected chi connectivity index (χ4v) is 1.34. The standard InChI is InChI=1S/C14H16N2O5/c1-20-13(18)6-3-7-16-12(17)9-21-11-5-2-4-10(8-11)14(15)19/h2-6,8H,7,9H2,1H3,(H2,15,19)(H,16,17)/b6-3+. The van der Waals surface area contributed by atoms with Crippen LogP contribution in [0.2, 0.25) is 0 Å². The average Bonchev–Trinajstić information content (AvgIpc) is 2.49. The summed E-state index contributed by atoms with van der Waals surface area (Å²) < 4.78 is 9.61. The van der Waals surface area contributed by atoms with Crippen molar-refractivity contribution >= 4 is 17.8 Å². The molecule has 0 aliphatic rings. The maximum atomic E-state index is 11.5. The second-order valence-electron chi connectivity index (χ2n) is 3.91. The van der Waals surface area contributed by atoms with Crippen LogP contribution in [0.4, 0.5) is 0 Å². The summed E-state index contributed by atoms with van der Waals surface area (Å²) in [4.78, 5) is 33.2. The fraction of sp³-hybridized carbons (Fsp3) is 0.214. The van der Waals surface area contributed by atoms with Crippen LogP contribution in [0.3, 0.4) is 0 Å². The quantitative estimate of drug-likeness (QED) is 0.543. The van der Waals surface area contributed by atoms with Crippen LogP contribution >= 0.6 is 0 Å². The van der Waals surface area contributed by atoms with Crippen molar-refractivity contribution in [3.05, 3.63) is 42.0 Å². The zero-order chi connectivity index (χ0) is 15.7. The van der Waals surface area contributed by atoms with E-state index in [1.54, 1.807) is 18.2 Å². The van der Waals surface area contributed by atoms with Gasteiger partial charge in [0.25, 0.3) is 5.91 Å². The van der Waals surface area contributed by atoms with Crippen LogP contribution in [-0.4, -0.2) is 38.0 Å². The number of ether oxygens (including phenoxy) is 2. The maximum absolute atomic E-state index is 11.5. The number of carbonyl (C=O) groups is 3. The highest BCUT2D eigenvalue weighted by Crippen LogP contribution is 2.12. The molecule has 0 aromatic heterocycles. The van der Waals surface area contributed by atoms with Gasteiger partial charge in [0.05, 0.1) is 7.11 Å². The molecule has 0 spiro atoms. The van der Waals surface area contributed by atoms with Gasteiger partial charge in [-0.2, -0.15) is 0 Å². The number of methoxy groups -OCH3 is 1. The Kier molecular flexibility index (Phi) is 6.46. The summed E-state index contributed by atoms with van der Waals surface area (Å²) in [6, 6.07) is 6.21. The zero-order valence-corrected chi connectivity index (χ0v) is 11.5. The Bertz CT molecular complexity index is 554. The topological polar surface area (TPSA) is 108 Å². The molecule has 0 bridgehead atoms. The number of esters is 1. The summed E-state index contributed by atoms with van der Waals surface area (Å²) in [6.07, 6.45) is 2.66. The number of rotatable bonds is 7. The zero-order valence-electron chi connectivity index (χ0n) is 11.5. The van der Waals surface area contributed by atoms with Crippen LogP contribution in [0.15, 0.2) is 36.4 Å². The lowest BCUT2D eigenvalue weighted by Gasteiger charge is -2.06. The summed E-state index contributed by atoms with van der Waals surface area (Å²) in [7, 11) is 1.26. The van der Waals surface area contributed by atoms with Gasteiger partial charge in [-0.3, -0.25) is 9.59 Å². The van der Waals surface area contributed by atoms with Crippen molar-refractivity contribution in [1.29, 1.82) is 0 Å². The summed E-state index contributed by atoms with van der Waals surface area (Å²) in [6.45, 7) is -0.0348. The molecule has 7 heteroatoms. The number of amides is 2. The summed E-state index contributed by atoms with van der Waals surface area (Å²) >= 11 is 0. The second kappa shape index (κ2) is 8.36. The van der Waals surface area contributed by atoms with Crippen molar-refractivity contribution < 1.29 is 23.9 Å². The molecule has 112 valence electrons. The maximum Gasteiger partial charge on any atom is 0.330 e. The Morgan fingerprint density at radius 1 is 1.33 bits per heavy atom. The van der Waals surface area contributed by atoms with E-state index in [9.17, 15) is 14.4 Å². The van der Waals surface area contributed by atoms with Crippen LogP contribution in [0.1, 0.15) is 10.4 Å². The minimum atomic E-state index is -0.571. The molecule has 1 rings (SSSR count). The second-order valence-corrected chi connectivity index (χ2v) is 3.91. The third-order valence-electron chi connectivity index (χ3n) is 2.36. The number of hydrogen-bond donors (Lipinski definition) is 2. The Hall–Kier alpha value is -2.83. The van der Waals surface area contributed by atoms with Crippen LogP contribution < -0.4 is 15.8 Å². The number of benzene rings is 1. The molecule has 0 radical (unpaired) electrons. The monoisotopic (exact) mass is 292 g/mol. The summed E-state index contributed by atoms with van der Waals surface area (Å²) in [5.41, 5.74) is 5.44. The smallest absolute Gasteiger partial charge is 0.330 e. The highest BCUT2D eigenvalue weighted by atomic mass is 16.5. The van der Waals surface area contributed by atoms with Crippen LogP contribution in [0, 0.1) is 0 Å². The largest absolute Gasteiger partial charge is 0.484 e. The van der Waals surface area contributed by atoms with Gasteiger partial charge in [-0.15, -0.1) is 0 Å². The molecule has 0 atom stereocenters. The molecule has 7 nitrogen and oxygen atoms in total. The fourth-order valence-electron chi connectivity index (χ4n) is 1.34. The Morgan fingerprint density at radius 3 is 2.76 bits per heavy atom. The average molecular weight is 292 g/mol. The van der Waals surface area contributed by atoms with E-state index in [4.69, 9.17) is 10.5 Å². The van der Waals surface area contributed by atoms with Crippen molar-refractivity contribution in [3.63, 3.8) is 0 Å². The first-order valence-electron chi connectivity index (χ1n) is 6.06. The molecule has 0 fully saturated rings. The minimum absolute atomic E-state index is 0.179. The first-order valence-corrected chi connectivity index (χ1v) is 6.06. The third kappa shape index (κ3) is 6.24. The van der Waals surface area contributed by atoms with Gasteiger partial charge in [-0.05, 0) is 18.2 Å². The van der Waals surface area contributed by atoms with Gasteiger partial charge >= 0.3 is 5.97 Å². The summed E-state index contributed by atoms with van der Waals surface area (Å²) in [5.74, 6) is -1.07. The van der Waals surface area contributed by atoms with Gasteiger partial charge in [0.2, 0.25) is 5.91 Å². The molecular weight excluding hydrogens is 276 g/mol. The van der Waals surface area contributed by atoms with Gasteiger partial charge in [-0.1, -0.05) is 12.1 Å². The normalized spacial score (nSPS) is 10.1. The van der Waals surface area contributed by atoms with E-state index in [-0.39, 0.29) is 19.1 Å². The van der Waals surface area contributed by atoms with Crippen LogP contribution in [0.25, 0.3) is 0 Å². The van der Waals surface area contributed by atoms with E-state index in [2.05, 4.69) is 10.1 Å². The number of nitrogens with two attached hydrogens (primary N) is 1. The molecule has 21 heavy (non-hydrogen) atoms. The molecule has 0 saturated carbocycles. The van der Waals surface area contributed by atoms with Gasteiger partial charge in [-0.25, -0.2) is 4.79 Å². The Labute approximate surface area is 121 Å². The highest BCUT2D eigenvalue weighted by Gasteiger charge is 2.04. The first kappa shape index (κ1) is 16.2. The van der Waals surface area contributed by atoms with Crippen LogP contribution in [0.5, 0.6) is 5.75 Å². The first-order chi connectivity index (χ1) is 10.0. The molecule has 1 aromatic rings. The van der Waals surface area contributed by atoms with Crippen LogP contribution in [-0.2, 0) is 14.3 Å². The third-order valence-corrected chi connectivity index (χ3v) is 2.36. The van der Waals surface area contributed by atoms with Crippen molar-refractivity contribution in [2.24, 2.45) is 5.73 Å². The minimum Gasteiger partial charge on any atom is -0.484 e. The highest BCUT2D eigenvalue weighted by molar-refractivity contribution is 5.93. The lowest BCUT2D eigenvalue weighted by atomic mass is 10.2. The predicted octanol–water partition coefficient (Wildman–Crippen LogP) is 0.00970. The van der Waals surface area contributed by atoms with Gasteiger partial charge in [0.1, 0.15) is 5.75 Å². The number of primary amides is 1. The van der Waals surface area contributed by atoms with Crippen molar-refractivity contribution in [2.45, 2.75) is 0 Å². The predicted molar refractivity (Wildman–Crippen MR) is 74.6 cm³/mol. The molecule has 3 N–H and O–H groups in total.